The first-order chi connectivity index (χ1) is 11.9. The number of fused-ring (bicyclic) bond motifs is 2. The second kappa shape index (κ2) is 6.95. The molecule has 0 nitrogen and oxygen atoms in total. The van der Waals surface area contributed by atoms with Crippen LogP contribution in [0.5, 0.6) is 0 Å². The van der Waals surface area contributed by atoms with Crippen LogP contribution >= 0.6 is 24.8 Å². The second-order valence-electron chi connectivity index (χ2n) is 9.05. The summed E-state index contributed by atoms with van der Waals surface area (Å²) in [4.78, 5) is 0. The number of allylic oxidation sites excluding steroid dienone is 2. The molecule has 2 unspecified atom stereocenters. The normalized spacial score (nSPS) is 26.5. The fraction of sp³-hybridized carbons (Fsp3) is 0.273. The van der Waals surface area contributed by atoms with E-state index >= 15 is 0 Å². The molecule has 0 N–H and O–H groups in total. The van der Waals surface area contributed by atoms with E-state index in [1.165, 1.54) is 11.1 Å². The van der Waals surface area contributed by atoms with E-state index in [4.69, 9.17) is 0 Å². The fourth-order valence-electron chi connectivity index (χ4n) is 6.44. The van der Waals surface area contributed by atoms with E-state index in [0.29, 0.717) is 0 Å². The minimum Gasteiger partial charge on any atom is -0.147 e. The SMILES string of the molecule is C[Si]1(C)[Si](C)(C)[Zr]1([CH]1C=Cc2ccccc21)[CH]1C=Cc2ccccc21.Cl.Cl. The van der Waals surface area contributed by atoms with Gasteiger partial charge in [0.25, 0.3) is 0 Å². The molecule has 142 valence electrons. The molecule has 1 aliphatic heterocycles. The summed E-state index contributed by atoms with van der Waals surface area (Å²) in [6, 6.07) is 18.5. The molecule has 5 heteroatoms. The molecule has 2 atom stereocenters. The maximum atomic E-state index is 2.78. The summed E-state index contributed by atoms with van der Waals surface area (Å²) in [5.41, 5.74) is 6.35. The first-order valence-corrected chi connectivity index (χ1v) is 26.7. The molecule has 0 saturated carbocycles. The summed E-state index contributed by atoms with van der Waals surface area (Å²) in [6.07, 6.45) is 10.2. The molecule has 0 amide bonds. The minimum absolute atomic E-state index is 0. The zero-order valence-corrected chi connectivity index (χ0v) is 22.5. The van der Waals surface area contributed by atoms with Crippen molar-refractivity contribution in [2.45, 2.75) is 33.4 Å². The molecular weight excluding hydrogens is 483 g/mol. The zero-order chi connectivity index (χ0) is 17.4. The van der Waals surface area contributed by atoms with Crippen molar-refractivity contribution in [3.8, 4) is 0 Å². The van der Waals surface area contributed by atoms with Crippen LogP contribution in [-0.2, 0) is 18.6 Å². The predicted molar refractivity (Wildman–Crippen MR) is 126 cm³/mol. The van der Waals surface area contributed by atoms with Crippen molar-refractivity contribution in [2.75, 3.05) is 0 Å². The average Bonchev–Trinajstić information content (AvgIpc) is 3.07. The molecule has 0 bridgehead atoms. The van der Waals surface area contributed by atoms with Crippen LogP contribution in [0.2, 0.25) is 26.2 Å². The van der Waals surface area contributed by atoms with Crippen molar-refractivity contribution in [1.29, 1.82) is 0 Å². The third kappa shape index (κ3) is 2.48. The molecule has 2 aromatic rings. The quantitative estimate of drug-likeness (QED) is 0.381. The number of hydrogen-bond donors (Lipinski definition) is 0. The van der Waals surface area contributed by atoms with Crippen LogP contribution in [0.25, 0.3) is 12.2 Å². The Morgan fingerprint density at radius 3 is 1.37 bits per heavy atom. The first-order valence-electron chi connectivity index (χ1n) is 9.47. The van der Waals surface area contributed by atoms with Gasteiger partial charge in [0.05, 0.1) is 0 Å². The van der Waals surface area contributed by atoms with Crippen molar-refractivity contribution >= 4 is 46.4 Å². The summed E-state index contributed by atoms with van der Waals surface area (Å²) in [5.74, 6) is 0. The smallest absolute Gasteiger partial charge is 0.147 e. The number of rotatable bonds is 2. The topological polar surface area (TPSA) is 0 Å². The number of hydrogen-bond acceptors (Lipinski definition) is 0. The van der Waals surface area contributed by atoms with Crippen LogP contribution in [0.4, 0.5) is 0 Å². The maximum absolute atomic E-state index is 2.78. The van der Waals surface area contributed by atoms with E-state index in [1.807, 2.05) is 0 Å². The van der Waals surface area contributed by atoms with Crippen molar-refractivity contribution in [3.63, 3.8) is 0 Å². The van der Waals surface area contributed by atoms with E-state index in [2.05, 4.69) is 99.0 Å². The van der Waals surface area contributed by atoms with Gasteiger partial charge in [-0.15, -0.1) is 24.8 Å². The summed E-state index contributed by atoms with van der Waals surface area (Å²) in [7, 11) is 0. The molecule has 2 aromatic carbocycles. The van der Waals surface area contributed by atoms with Gasteiger partial charge in [0.2, 0.25) is 0 Å². The van der Waals surface area contributed by atoms with Crippen molar-refractivity contribution < 1.29 is 18.6 Å². The zero-order valence-electron chi connectivity index (χ0n) is 16.4. The fourth-order valence-corrected chi connectivity index (χ4v) is 175. The van der Waals surface area contributed by atoms with E-state index < -0.39 is 28.0 Å². The van der Waals surface area contributed by atoms with Gasteiger partial charge in [-0.3, -0.25) is 0 Å². The molecule has 0 radical (unpaired) electrons. The Hall–Kier alpha value is -0.183. The van der Waals surface area contributed by atoms with Crippen molar-refractivity contribution in [2.24, 2.45) is 0 Å². The van der Waals surface area contributed by atoms with Gasteiger partial charge in [-0.05, 0) is 0 Å². The Bertz CT molecular complexity index is 871. The molecule has 0 aromatic heterocycles. The maximum Gasteiger partial charge on any atom is -0.147 e. The largest absolute Gasteiger partial charge is 0.147 e. The van der Waals surface area contributed by atoms with Gasteiger partial charge < -0.3 is 0 Å². The van der Waals surface area contributed by atoms with Gasteiger partial charge in [0.15, 0.2) is 0 Å². The Kier molecular flexibility index (Phi) is 5.54. The van der Waals surface area contributed by atoms with E-state index in [9.17, 15) is 0 Å². The standard InChI is InChI=1S/2C9H7.C4H12Si2.2ClH.Zr/c2*1-2-5-9-7-3-6-8(9)4-1;1-5(2)6(3)4;;;/h2*1-7H;1-4H3;2*1H;. The van der Waals surface area contributed by atoms with Crippen LogP contribution in [0.1, 0.15) is 29.5 Å². The summed E-state index contributed by atoms with van der Waals surface area (Å²) >= 11 is -2.43. The molecule has 1 fully saturated rings. The molecule has 2 aliphatic carbocycles. The average molecular weight is 511 g/mol. The summed E-state index contributed by atoms with van der Waals surface area (Å²) in [6.45, 7) is 11.1. The van der Waals surface area contributed by atoms with Gasteiger partial charge in [-0.25, -0.2) is 0 Å². The summed E-state index contributed by atoms with van der Waals surface area (Å²) in [5, 5.41) is 0. The molecule has 5 rings (SSSR count). The third-order valence-corrected chi connectivity index (χ3v) is 124. The minimum atomic E-state index is -2.43. The molecule has 1 saturated heterocycles. The molecule has 3 aliphatic rings. The molecule has 27 heavy (non-hydrogen) atoms. The molecular formula is C22H28Cl2Si2Zr. The van der Waals surface area contributed by atoms with Gasteiger partial charge >= 0.3 is 157 Å². The molecule has 0 spiro atoms. The van der Waals surface area contributed by atoms with Crippen LogP contribution in [0.3, 0.4) is 0 Å². The van der Waals surface area contributed by atoms with Crippen LogP contribution < -0.4 is 0 Å². The van der Waals surface area contributed by atoms with E-state index in [0.717, 1.165) is 7.25 Å². The van der Waals surface area contributed by atoms with Gasteiger partial charge in [-0.2, -0.15) is 0 Å². The van der Waals surface area contributed by atoms with Gasteiger partial charge in [0, 0.05) is 0 Å². The van der Waals surface area contributed by atoms with Crippen molar-refractivity contribution in [1.82, 2.24) is 0 Å². The van der Waals surface area contributed by atoms with Crippen molar-refractivity contribution in [3.05, 3.63) is 82.9 Å². The Balaban J connectivity index is 0.00000105. The molecule has 1 heterocycles. The monoisotopic (exact) mass is 508 g/mol. The van der Waals surface area contributed by atoms with E-state index in [-0.39, 0.29) is 24.8 Å². The number of halogens is 2. The van der Waals surface area contributed by atoms with Crippen LogP contribution in [0, 0.1) is 0 Å². The summed E-state index contributed by atoms with van der Waals surface area (Å²) < 4.78 is -0.549. The Morgan fingerprint density at radius 1 is 0.630 bits per heavy atom. The predicted octanol–water partition coefficient (Wildman–Crippen LogP) is 7.02. The Labute approximate surface area is 180 Å². The van der Waals surface area contributed by atoms with Crippen LogP contribution in [0.15, 0.2) is 60.7 Å². The van der Waals surface area contributed by atoms with E-state index in [1.54, 1.807) is 11.1 Å². The third-order valence-electron chi connectivity index (χ3n) is 8.15. The first kappa shape index (κ1) is 21.5. The van der Waals surface area contributed by atoms with Crippen LogP contribution in [-0.4, -0.2) is 9.44 Å². The van der Waals surface area contributed by atoms with Gasteiger partial charge in [0.1, 0.15) is 0 Å². The Morgan fingerprint density at radius 2 is 1.00 bits per heavy atom. The number of benzene rings is 2. The second-order valence-corrected chi connectivity index (χ2v) is 68.9. The van der Waals surface area contributed by atoms with Gasteiger partial charge in [-0.1, -0.05) is 0 Å².